The minimum absolute atomic E-state index is 0.245. The lowest BCUT2D eigenvalue weighted by molar-refractivity contribution is 0.0269. The Morgan fingerprint density at radius 1 is 1.07 bits per heavy atom. The van der Waals surface area contributed by atoms with Crippen LogP contribution in [0.1, 0.15) is 30.4 Å². The van der Waals surface area contributed by atoms with Crippen molar-refractivity contribution in [3.05, 3.63) is 71.8 Å². The van der Waals surface area contributed by atoms with Crippen LogP contribution in [0.2, 0.25) is 0 Å². The molecule has 2 unspecified atom stereocenters. The molecule has 0 saturated carbocycles. The van der Waals surface area contributed by atoms with Gasteiger partial charge in [-0.25, -0.2) is 4.98 Å². The molecule has 0 radical (unpaired) electrons. The number of aliphatic hydroxyl groups is 1. The Balaban J connectivity index is 2.17. The molecular formula is C23H28N2O2. The zero-order chi connectivity index (χ0) is 19.4. The predicted molar refractivity (Wildman–Crippen MR) is 110 cm³/mol. The fourth-order valence-electron chi connectivity index (χ4n) is 3.60. The van der Waals surface area contributed by atoms with E-state index >= 15 is 0 Å². The van der Waals surface area contributed by atoms with Gasteiger partial charge in [0, 0.05) is 23.4 Å². The summed E-state index contributed by atoms with van der Waals surface area (Å²) in [5.41, 5.74) is 1.89. The van der Waals surface area contributed by atoms with Gasteiger partial charge in [-0.1, -0.05) is 48.5 Å². The molecule has 0 saturated heterocycles. The summed E-state index contributed by atoms with van der Waals surface area (Å²) in [7, 11) is 5.68. The number of hydrogen-bond acceptors (Lipinski definition) is 4. The maximum atomic E-state index is 11.5. The Morgan fingerprint density at radius 3 is 2.41 bits per heavy atom. The highest BCUT2D eigenvalue weighted by Crippen LogP contribution is 2.41. The largest absolute Gasteiger partial charge is 0.481 e. The van der Waals surface area contributed by atoms with Crippen molar-refractivity contribution >= 4 is 10.9 Å². The number of nitrogens with zero attached hydrogens (tertiary/aromatic N) is 2. The summed E-state index contributed by atoms with van der Waals surface area (Å²) in [6, 6.07) is 20.2. The summed E-state index contributed by atoms with van der Waals surface area (Å²) in [6.45, 7) is 2.70. The average molecular weight is 364 g/mol. The maximum Gasteiger partial charge on any atom is 0.217 e. The van der Waals surface area contributed by atoms with Crippen LogP contribution in [0.3, 0.4) is 0 Å². The van der Waals surface area contributed by atoms with Crippen LogP contribution in [0.25, 0.3) is 10.9 Å². The lowest BCUT2D eigenvalue weighted by atomic mass is 9.76. The highest BCUT2D eigenvalue weighted by Gasteiger charge is 2.36. The molecule has 4 nitrogen and oxygen atoms in total. The van der Waals surface area contributed by atoms with Gasteiger partial charge >= 0.3 is 0 Å². The van der Waals surface area contributed by atoms with Crippen molar-refractivity contribution in [3.63, 3.8) is 0 Å². The number of ether oxygens (including phenoxy) is 1. The molecule has 2 atom stereocenters. The minimum atomic E-state index is -0.955. The topological polar surface area (TPSA) is 45.6 Å². The zero-order valence-electron chi connectivity index (χ0n) is 16.5. The molecule has 0 amide bonds. The van der Waals surface area contributed by atoms with Crippen LogP contribution < -0.4 is 4.74 Å². The van der Waals surface area contributed by atoms with Crippen molar-refractivity contribution in [1.29, 1.82) is 0 Å². The molecule has 1 N–H and O–H groups in total. The summed E-state index contributed by atoms with van der Waals surface area (Å²) in [5, 5.41) is 12.6. The Labute approximate surface area is 161 Å². The van der Waals surface area contributed by atoms with E-state index in [4.69, 9.17) is 9.72 Å². The Kier molecular flexibility index (Phi) is 5.78. The molecule has 142 valence electrons. The first-order valence-corrected chi connectivity index (χ1v) is 9.28. The highest BCUT2D eigenvalue weighted by atomic mass is 16.5. The molecule has 0 aliphatic rings. The number of aromatic nitrogens is 1. The second kappa shape index (κ2) is 8.07. The van der Waals surface area contributed by atoms with Crippen LogP contribution in [0.4, 0.5) is 0 Å². The fourth-order valence-corrected chi connectivity index (χ4v) is 3.60. The molecule has 1 aromatic heterocycles. The molecule has 1 heterocycles. The summed E-state index contributed by atoms with van der Waals surface area (Å²) in [6.07, 6.45) is 0.634. The SMILES string of the molecule is COc1nc2ccccc2cc1C(c1ccccc1)C(C)(O)CCN(C)C. The van der Waals surface area contributed by atoms with Gasteiger partial charge in [-0.05, 0) is 45.1 Å². The average Bonchev–Trinajstić information content (AvgIpc) is 2.67. The van der Waals surface area contributed by atoms with Crippen molar-refractivity contribution < 1.29 is 9.84 Å². The summed E-state index contributed by atoms with van der Waals surface area (Å²) >= 11 is 0. The van der Waals surface area contributed by atoms with E-state index < -0.39 is 5.60 Å². The van der Waals surface area contributed by atoms with Crippen LogP contribution in [0.5, 0.6) is 5.88 Å². The second-order valence-corrected chi connectivity index (χ2v) is 7.53. The number of para-hydroxylation sites is 1. The molecule has 0 aliphatic carbocycles. The first-order valence-electron chi connectivity index (χ1n) is 9.28. The van der Waals surface area contributed by atoms with Crippen LogP contribution in [0, 0.1) is 0 Å². The first-order chi connectivity index (χ1) is 12.9. The van der Waals surface area contributed by atoms with Gasteiger partial charge in [0.2, 0.25) is 5.88 Å². The van der Waals surface area contributed by atoms with Crippen LogP contribution in [0.15, 0.2) is 60.7 Å². The van der Waals surface area contributed by atoms with Gasteiger partial charge in [0.1, 0.15) is 0 Å². The molecule has 0 aliphatic heterocycles. The van der Waals surface area contributed by atoms with Crippen LogP contribution >= 0.6 is 0 Å². The first kappa shape index (κ1) is 19.3. The van der Waals surface area contributed by atoms with Gasteiger partial charge in [0.05, 0.1) is 18.2 Å². The molecule has 3 aromatic rings. The van der Waals surface area contributed by atoms with Gasteiger partial charge in [-0.3, -0.25) is 0 Å². The monoisotopic (exact) mass is 364 g/mol. The van der Waals surface area contributed by atoms with E-state index in [1.165, 1.54) is 0 Å². The van der Waals surface area contributed by atoms with E-state index in [9.17, 15) is 5.11 Å². The molecule has 27 heavy (non-hydrogen) atoms. The Morgan fingerprint density at radius 2 is 1.74 bits per heavy atom. The van der Waals surface area contributed by atoms with E-state index in [0.717, 1.165) is 28.6 Å². The van der Waals surface area contributed by atoms with Gasteiger partial charge in [-0.2, -0.15) is 0 Å². The lowest BCUT2D eigenvalue weighted by Crippen LogP contribution is -2.37. The third-order valence-corrected chi connectivity index (χ3v) is 5.04. The zero-order valence-corrected chi connectivity index (χ0v) is 16.5. The number of hydrogen-bond donors (Lipinski definition) is 1. The molecule has 4 heteroatoms. The number of methoxy groups -OCH3 is 1. The molecule has 3 rings (SSSR count). The third-order valence-electron chi connectivity index (χ3n) is 5.04. The quantitative estimate of drug-likeness (QED) is 0.686. The lowest BCUT2D eigenvalue weighted by Gasteiger charge is -2.35. The fraction of sp³-hybridized carbons (Fsp3) is 0.348. The number of fused-ring (bicyclic) bond motifs is 1. The molecule has 0 spiro atoms. The van der Waals surface area contributed by atoms with Gasteiger partial charge in [0.15, 0.2) is 0 Å². The van der Waals surface area contributed by atoms with E-state index in [1.54, 1.807) is 7.11 Å². The van der Waals surface area contributed by atoms with Crippen molar-refractivity contribution in [2.45, 2.75) is 24.9 Å². The number of rotatable bonds is 7. The van der Waals surface area contributed by atoms with Crippen LogP contribution in [-0.2, 0) is 0 Å². The van der Waals surface area contributed by atoms with Gasteiger partial charge in [-0.15, -0.1) is 0 Å². The Hall–Kier alpha value is -2.43. The normalized spacial score (nSPS) is 14.9. The Bertz CT molecular complexity index is 891. The maximum absolute atomic E-state index is 11.5. The molecular weight excluding hydrogens is 336 g/mol. The smallest absolute Gasteiger partial charge is 0.217 e. The number of benzene rings is 2. The van der Waals surface area contributed by atoms with E-state index in [0.29, 0.717) is 12.3 Å². The van der Waals surface area contributed by atoms with E-state index in [-0.39, 0.29) is 5.92 Å². The van der Waals surface area contributed by atoms with Gasteiger partial charge in [0.25, 0.3) is 0 Å². The van der Waals surface area contributed by atoms with Crippen molar-refractivity contribution in [2.75, 3.05) is 27.7 Å². The van der Waals surface area contributed by atoms with E-state index in [2.05, 4.69) is 23.1 Å². The van der Waals surface area contributed by atoms with Gasteiger partial charge < -0.3 is 14.7 Å². The van der Waals surface area contributed by atoms with Crippen molar-refractivity contribution in [3.8, 4) is 5.88 Å². The van der Waals surface area contributed by atoms with E-state index in [1.807, 2.05) is 63.5 Å². The van der Waals surface area contributed by atoms with Crippen molar-refractivity contribution in [2.24, 2.45) is 0 Å². The molecule has 2 aromatic carbocycles. The second-order valence-electron chi connectivity index (χ2n) is 7.53. The highest BCUT2D eigenvalue weighted by molar-refractivity contribution is 5.80. The third kappa shape index (κ3) is 4.29. The minimum Gasteiger partial charge on any atom is -0.481 e. The standard InChI is InChI=1S/C23H28N2O2/c1-23(26,14-15-25(2)3)21(17-10-6-5-7-11-17)19-16-18-12-8-9-13-20(18)24-22(19)27-4/h5-13,16,21,26H,14-15H2,1-4H3. The summed E-state index contributed by atoms with van der Waals surface area (Å²) < 4.78 is 5.64. The summed E-state index contributed by atoms with van der Waals surface area (Å²) in [4.78, 5) is 6.79. The molecule has 0 bridgehead atoms. The van der Waals surface area contributed by atoms with Crippen LogP contribution in [-0.4, -0.2) is 48.3 Å². The van der Waals surface area contributed by atoms with Crippen molar-refractivity contribution in [1.82, 2.24) is 9.88 Å². The predicted octanol–water partition coefficient (Wildman–Crippen LogP) is 4.08. The molecule has 0 fully saturated rings. The number of pyridine rings is 1. The summed E-state index contributed by atoms with van der Waals surface area (Å²) in [5.74, 6) is 0.318.